The van der Waals surface area contributed by atoms with Gasteiger partial charge in [-0.05, 0) is 84.3 Å². The van der Waals surface area contributed by atoms with E-state index in [9.17, 15) is 9.59 Å². The van der Waals surface area contributed by atoms with Crippen molar-refractivity contribution in [2.75, 3.05) is 27.3 Å². The number of hydrogen-bond acceptors (Lipinski definition) is 5. The Morgan fingerprint density at radius 2 is 1.41 bits per heavy atom. The summed E-state index contributed by atoms with van der Waals surface area (Å²) < 4.78 is 17.0. The van der Waals surface area contributed by atoms with Crippen molar-refractivity contribution in [3.05, 3.63) is 91.0 Å². The number of benzene rings is 4. The summed E-state index contributed by atoms with van der Waals surface area (Å²) >= 11 is 0. The molecule has 0 spiro atoms. The third-order valence-electron chi connectivity index (χ3n) is 6.93. The van der Waals surface area contributed by atoms with Gasteiger partial charge in [-0.2, -0.15) is 0 Å². The van der Waals surface area contributed by atoms with Crippen molar-refractivity contribution in [2.24, 2.45) is 5.73 Å². The molecule has 0 aromatic heterocycles. The number of carbonyl (C=O) groups excluding carboxylic acids is 1. The van der Waals surface area contributed by atoms with Gasteiger partial charge in [0.2, 0.25) is 0 Å². The van der Waals surface area contributed by atoms with Crippen molar-refractivity contribution in [1.82, 2.24) is 4.90 Å². The van der Waals surface area contributed by atoms with Gasteiger partial charge in [0, 0.05) is 24.0 Å². The molecule has 2 amide bonds. The van der Waals surface area contributed by atoms with Crippen LogP contribution in [0, 0.1) is 0 Å². The van der Waals surface area contributed by atoms with Crippen LogP contribution in [0.3, 0.4) is 0 Å². The highest BCUT2D eigenvalue weighted by molar-refractivity contribution is 6.14. The van der Waals surface area contributed by atoms with Crippen molar-refractivity contribution in [3.63, 3.8) is 0 Å². The summed E-state index contributed by atoms with van der Waals surface area (Å²) in [6.45, 7) is 5.31. The zero-order valence-electron chi connectivity index (χ0n) is 23.3. The number of ether oxygens (including phenoxy) is 3. The molecule has 4 aromatic rings. The number of aliphatic carboxylic acids is 1. The van der Waals surface area contributed by atoms with E-state index in [1.807, 2.05) is 54.6 Å². The number of amides is 2. The van der Waals surface area contributed by atoms with E-state index < -0.39 is 5.97 Å². The van der Waals surface area contributed by atoms with Crippen molar-refractivity contribution in [1.29, 1.82) is 0 Å². The molecule has 0 unspecified atom stereocenters. The number of piperidine rings is 1. The Kier molecular flexibility index (Phi) is 9.47. The molecular weight excluding hydrogens is 520 g/mol. The smallest absolute Gasteiger partial charge is 0.335 e. The van der Waals surface area contributed by atoms with E-state index >= 15 is 0 Å². The van der Waals surface area contributed by atoms with Crippen LogP contribution in [0.25, 0.3) is 27.5 Å². The lowest BCUT2D eigenvalue weighted by molar-refractivity contribution is -0.130. The second-order valence-corrected chi connectivity index (χ2v) is 9.55. The number of rotatable bonds is 7. The first kappa shape index (κ1) is 29.0. The Bertz CT molecular complexity index is 1520. The van der Waals surface area contributed by atoms with Gasteiger partial charge >= 0.3 is 12.0 Å². The molecule has 8 heteroatoms. The van der Waals surface area contributed by atoms with E-state index in [-0.39, 0.29) is 11.6 Å². The number of carboxylic acids is 1. The average molecular weight is 555 g/mol. The summed E-state index contributed by atoms with van der Waals surface area (Å²) in [5.41, 5.74) is 7.52. The quantitative estimate of drug-likeness (QED) is 0.239. The van der Waals surface area contributed by atoms with Gasteiger partial charge in [-0.1, -0.05) is 36.9 Å². The van der Waals surface area contributed by atoms with Gasteiger partial charge in [-0.15, -0.1) is 0 Å². The van der Waals surface area contributed by atoms with Crippen LogP contribution in [0.2, 0.25) is 0 Å². The van der Waals surface area contributed by atoms with Gasteiger partial charge in [0.15, 0.2) is 0 Å². The van der Waals surface area contributed by atoms with E-state index in [0.717, 1.165) is 59.3 Å². The van der Waals surface area contributed by atoms with E-state index in [1.54, 1.807) is 43.4 Å². The van der Waals surface area contributed by atoms with Crippen LogP contribution in [0.15, 0.2) is 85.4 Å². The summed E-state index contributed by atoms with van der Waals surface area (Å²) in [5.74, 6) is 1.77. The zero-order valence-corrected chi connectivity index (χ0v) is 23.3. The maximum Gasteiger partial charge on any atom is 0.335 e. The number of primary amides is 1. The molecule has 5 rings (SSSR count). The standard InChI is InChI=1S/C27H22O5.C6H12N2O/c1-17(27(28)29)18-4-11-22(12-5-18)32-26-24(19-6-9-21(30-2)10-7-19)14-8-20-16-23(31-3)13-15-25(20)26;7-6(9)8-4-2-1-3-5-8/h4-16H,1H2,2-3H3,(H,28,29);1-5H2,(H2,7,9). The number of carboxylic acid groups (broad SMARTS) is 1. The normalized spacial score (nSPS) is 12.6. The number of carbonyl (C=O) groups is 2. The molecule has 1 aliphatic rings. The minimum Gasteiger partial charge on any atom is -0.497 e. The predicted octanol–water partition coefficient (Wildman–Crippen LogP) is 6.97. The lowest BCUT2D eigenvalue weighted by Gasteiger charge is -2.24. The Balaban J connectivity index is 0.000000367. The summed E-state index contributed by atoms with van der Waals surface area (Å²) in [7, 11) is 3.27. The summed E-state index contributed by atoms with van der Waals surface area (Å²) in [4.78, 5) is 23.4. The van der Waals surface area contributed by atoms with E-state index in [4.69, 9.17) is 25.1 Å². The van der Waals surface area contributed by atoms with E-state index in [0.29, 0.717) is 17.1 Å². The first-order valence-electron chi connectivity index (χ1n) is 13.3. The molecule has 1 aliphatic heterocycles. The molecular formula is C33H34N2O6. The molecule has 41 heavy (non-hydrogen) atoms. The Morgan fingerprint density at radius 1 is 0.805 bits per heavy atom. The molecule has 212 valence electrons. The van der Waals surface area contributed by atoms with Crippen LogP contribution in [-0.2, 0) is 4.79 Å². The predicted molar refractivity (Wildman–Crippen MR) is 161 cm³/mol. The number of urea groups is 1. The number of hydrogen-bond donors (Lipinski definition) is 2. The molecule has 4 aromatic carbocycles. The van der Waals surface area contributed by atoms with Crippen molar-refractivity contribution in [2.45, 2.75) is 19.3 Å². The number of fused-ring (bicyclic) bond motifs is 1. The minimum absolute atomic E-state index is 0.0349. The maximum absolute atomic E-state index is 11.2. The fourth-order valence-electron chi connectivity index (χ4n) is 4.59. The largest absolute Gasteiger partial charge is 0.497 e. The molecule has 3 N–H and O–H groups in total. The van der Waals surface area contributed by atoms with Gasteiger partial charge in [0.1, 0.15) is 23.0 Å². The van der Waals surface area contributed by atoms with Crippen LogP contribution < -0.4 is 19.9 Å². The SMILES string of the molecule is C=C(C(=O)O)c1ccc(Oc2c(-c3ccc(OC)cc3)ccc3cc(OC)ccc23)cc1.NC(=O)N1CCCCC1. The fourth-order valence-corrected chi connectivity index (χ4v) is 4.59. The van der Waals surface area contributed by atoms with Crippen LogP contribution in [0.5, 0.6) is 23.0 Å². The summed E-state index contributed by atoms with van der Waals surface area (Å²) in [6, 6.07) is 24.2. The van der Waals surface area contributed by atoms with Crippen molar-refractivity contribution >= 4 is 28.3 Å². The molecule has 1 heterocycles. The lowest BCUT2D eigenvalue weighted by Crippen LogP contribution is -2.39. The van der Waals surface area contributed by atoms with Crippen LogP contribution >= 0.6 is 0 Å². The number of nitrogens with zero attached hydrogens (tertiary/aromatic N) is 1. The average Bonchev–Trinajstić information content (AvgIpc) is 3.01. The van der Waals surface area contributed by atoms with Crippen LogP contribution in [0.4, 0.5) is 4.79 Å². The van der Waals surface area contributed by atoms with Gasteiger partial charge in [-0.3, -0.25) is 0 Å². The summed E-state index contributed by atoms with van der Waals surface area (Å²) in [6.07, 6.45) is 3.47. The highest BCUT2D eigenvalue weighted by Crippen LogP contribution is 2.41. The molecule has 0 bridgehead atoms. The fraction of sp³-hybridized carbons (Fsp3) is 0.212. The van der Waals surface area contributed by atoms with Crippen molar-refractivity contribution < 1.29 is 28.9 Å². The Labute approximate surface area is 239 Å². The van der Waals surface area contributed by atoms with Crippen LogP contribution in [0.1, 0.15) is 24.8 Å². The highest BCUT2D eigenvalue weighted by Gasteiger charge is 2.15. The molecule has 0 atom stereocenters. The van der Waals surface area contributed by atoms with E-state index in [1.165, 1.54) is 6.42 Å². The second-order valence-electron chi connectivity index (χ2n) is 9.55. The Hall–Kier alpha value is -4.98. The third kappa shape index (κ3) is 7.16. The first-order valence-corrected chi connectivity index (χ1v) is 13.3. The van der Waals surface area contributed by atoms with E-state index in [2.05, 4.69) is 6.58 Å². The van der Waals surface area contributed by atoms with Crippen LogP contribution in [-0.4, -0.2) is 49.3 Å². The monoisotopic (exact) mass is 554 g/mol. The molecule has 0 saturated carbocycles. The lowest BCUT2D eigenvalue weighted by atomic mass is 9.99. The number of nitrogens with two attached hydrogens (primary N) is 1. The number of methoxy groups -OCH3 is 2. The van der Waals surface area contributed by atoms with Gasteiger partial charge < -0.3 is 30.0 Å². The topological polar surface area (TPSA) is 111 Å². The highest BCUT2D eigenvalue weighted by atomic mass is 16.5. The zero-order chi connectivity index (χ0) is 29.4. The molecule has 1 fully saturated rings. The third-order valence-corrected chi connectivity index (χ3v) is 6.93. The first-order chi connectivity index (χ1) is 19.8. The molecule has 0 radical (unpaired) electrons. The molecule has 8 nitrogen and oxygen atoms in total. The molecule has 0 aliphatic carbocycles. The molecule has 1 saturated heterocycles. The Morgan fingerprint density at radius 3 is 1.98 bits per heavy atom. The van der Waals surface area contributed by atoms with Crippen molar-refractivity contribution in [3.8, 4) is 34.1 Å². The number of likely N-dealkylation sites (tertiary alicyclic amines) is 1. The van der Waals surface area contributed by atoms with Gasteiger partial charge in [0.05, 0.1) is 19.8 Å². The maximum atomic E-state index is 11.2. The van der Waals surface area contributed by atoms with Gasteiger partial charge in [0.25, 0.3) is 0 Å². The minimum atomic E-state index is -1.05. The summed E-state index contributed by atoms with van der Waals surface area (Å²) in [5, 5.41) is 11.1. The second kappa shape index (κ2) is 13.4. The van der Waals surface area contributed by atoms with Gasteiger partial charge in [-0.25, -0.2) is 9.59 Å².